The van der Waals surface area contributed by atoms with Crippen molar-refractivity contribution in [2.75, 3.05) is 13.6 Å². The molecule has 0 aliphatic heterocycles. The van der Waals surface area contributed by atoms with Crippen molar-refractivity contribution in [1.29, 1.82) is 5.26 Å². The molecule has 32 heavy (non-hydrogen) atoms. The summed E-state index contributed by atoms with van der Waals surface area (Å²) in [6.45, 7) is 5.02. The normalized spacial score (nSPS) is 12.8. The van der Waals surface area contributed by atoms with Crippen molar-refractivity contribution in [2.24, 2.45) is 4.99 Å². The van der Waals surface area contributed by atoms with Gasteiger partial charge >= 0.3 is 0 Å². The van der Waals surface area contributed by atoms with Crippen LogP contribution in [0.2, 0.25) is 0 Å². The average Bonchev–Trinajstić information content (AvgIpc) is 3.26. The van der Waals surface area contributed by atoms with E-state index in [1.807, 2.05) is 31.3 Å². The van der Waals surface area contributed by atoms with E-state index in [9.17, 15) is 5.26 Å². The number of thiazole rings is 1. The number of nitrogens with zero attached hydrogens (tertiary/aromatic N) is 4. The van der Waals surface area contributed by atoms with E-state index < -0.39 is 0 Å². The number of aliphatic imine (C=N–C) groups is 1. The fraction of sp³-hybridized carbons (Fsp3) is 0.346. The smallest absolute Gasteiger partial charge is 0.0995 e. The molecule has 2 aromatic carbocycles. The van der Waals surface area contributed by atoms with Crippen LogP contribution >= 0.6 is 23.7 Å². The quantitative estimate of drug-likeness (QED) is 0.309. The van der Waals surface area contributed by atoms with Crippen molar-refractivity contribution < 1.29 is 0 Å². The minimum atomic E-state index is 0. The van der Waals surface area contributed by atoms with Gasteiger partial charge in [0, 0.05) is 31.0 Å². The van der Waals surface area contributed by atoms with Gasteiger partial charge in [-0.05, 0) is 73.9 Å². The first-order valence-corrected chi connectivity index (χ1v) is 11.8. The zero-order valence-corrected chi connectivity index (χ0v) is 20.5. The summed E-state index contributed by atoms with van der Waals surface area (Å²) in [6, 6.07) is 13.1. The van der Waals surface area contributed by atoms with Crippen molar-refractivity contribution in [3.63, 3.8) is 0 Å². The molecule has 0 amide bonds. The predicted octanol–water partition coefficient (Wildman–Crippen LogP) is 6.49. The lowest BCUT2D eigenvalue weighted by Gasteiger charge is -2.16. The monoisotopic (exact) mass is 464 g/mol. The van der Waals surface area contributed by atoms with Crippen molar-refractivity contribution in [1.82, 2.24) is 9.88 Å². The average molecular weight is 465 g/mol. The second-order valence-electron chi connectivity index (χ2n) is 8.22. The zero-order valence-electron chi connectivity index (χ0n) is 18.9. The standard InChI is InChI=1S/C26H28N4S.ClH/c1-4-30(3)17-28-24-13-23(15-27)22(11-18(24)2)14-26-29-25(16-31-26)21-10-9-19-7-5-6-8-20(19)12-21;/h9-13,16-17H,4-8,14H2,1-3H3;1H. The molecule has 4 nitrogen and oxygen atoms in total. The Hall–Kier alpha value is -2.68. The Morgan fingerprint density at radius 3 is 2.72 bits per heavy atom. The van der Waals surface area contributed by atoms with Gasteiger partial charge in [-0.2, -0.15) is 5.26 Å². The van der Waals surface area contributed by atoms with Crippen molar-refractivity contribution in [2.45, 2.75) is 46.0 Å². The van der Waals surface area contributed by atoms with Crippen LogP contribution in [-0.2, 0) is 19.3 Å². The fourth-order valence-electron chi connectivity index (χ4n) is 3.97. The molecule has 0 fully saturated rings. The number of fused-ring (bicyclic) bond motifs is 1. The number of benzene rings is 2. The number of nitriles is 1. The molecular weight excluding hydrogens is 436 g/mol. The molecular formula is C26H29ClN4S. The first-order chi connectivity index (χ1) is 15.1. The van der Waals surface area contributed by atoms with E-state index in [0.29, 0.717) is 12.0 Å². The number of aryl methyl sites for hydroxylation is 3. The van der Waals surface area contributed by atoms with Crippen LogP contribution in [-0.4, -0.2) is 29.8 Å². The van der Waals surface area contributed by atoms with Gasteiger partial charge in [-0.25, -0.2) is 9.98 Å². The number of halogens is 1. The molecule has 0 spiro atoms. The van der Waals surface area contributed by atoms with Crippen LogP contribution in [0.3, 0.4) is 0 Å². The van der Waals surface area contributed by atoms with Gasteiger partial charge in [0.05, 0.1) is 34.4 Å². The molecule has 0 saturated heterocycles. The molecule has 1 aromatic heterocycles. The van der Waals surface area contributed by atoms with E-state index in [4.69, 9.17) is 4.98 Å². The third-order valence-electron chi connectivity index (χ3n) is 5.97. The minimum absolute atomic E-state index is 0. The van der Waals surface area contributed by atoms with Gasteiger partial charge in [0.25, 0.3) is 0 Å². The van der Waals surface area contributed by atoms with Gasteiger partial charge in [-0.15, -0.1) is 23.7 Å². The number of hydrogen-bond acceptors (Lipinski definition) is 4. The molecule has 0 bridgehead atoms. The van der Waals surface area contributed by atoms with E-state index >= 15 is 0 Å². The van der Waals surface area contributed by atoms with Crippen molar-refractivity contribution in [3.05, 3.63) is 68.5 Å². The maximum Gasteiger partial charge on any atom is 0.0995 e. The minimum Gasteiger partial charge on any atom is -0.366 e. The van der Waals surface area contributed by atoms with Gasteiger partial charge in [-0.3, -0.25) is 0 Å². The summed E-state index contributed by atoms with van der Waals surface area (Å²) < 4.78 is 0. The van der Waals surface area contributed by atoms with E-state index in [2.05, 4.69) is 47.6 Å². The molecule has 1 aliphatic rings. The molecule has 3 aromatic rings. The maximum absolute atomic E-state index is 9.70. The summed E-state index contributed by atoms with van der Waals surface area (Å²) in [5.41, 5.74) is 8.79. The van der Waals surface area contributed by atoms with Gasteiger partial charge < -0.3 is 4.90 Å². The zero-order chi connectivity index (χ0) is 21.8. The topological polar surface area (TPSA) is 52.3 Å². The highest BCUT2D eigenvalue weighted by Gasteiger charge is 2.14. The summed E-state index contributed by atoms with van der Waals surface area (Å²) in [4.78, 5) is 11.5. The molecule has 166 valence electrons. The summed E-state index contributed by atoms with van der Waals surface area (Å²) in [5, 5.41) is 12.9. The molecule has 0 atom stereocenters. The van der Waals surface area contributed by atoms with Crippen LogP contribution in [0.15, 0.2) is 40.7 Å². The van der Waals surface area contributed by atoms with Crippen LogP contribution < -0.4 is 0 Å². The Morgan fingerprint density at radius 1 is 1.19 bits per heavy atom. The first kappa shape index (κ1) is 24.0. The van der Waals surface area contributed by atoms with Crippen LogP contribution in [0.4, 0.5) is 5.69 Å². The Kier molecular flexibility index (Phi) is 8.06. The lowest BCUT2D eigenvalue weighted by atomic mass is 9.90. The van der Waals surface area contributed by atoms with Gasteiger partial charge in [0.15, 0.2) is 0 Å². The van der Waals surface area contributed by atoms with Crippen LogP contribution in [0, 0.1) is 18.3 Å². The van der Waals surface area contributed by atoms with E-state index in [0.717, 1.165) is 34.1 Å². The highest BCUT2D eigenvalue weighted by molar-refractivity contribution is 7.10. The molecule has 6 heteroatoms. The molecule has 0 N–H and O–H groups in total. The number of aromatic nitrogens is 1. The summed E-state index contributed by atoms with van der Waals surface area (Å²) in [5.74, 6) is 0. The fourth-order valence-corrected chi connectivity index (χ4v) is 4.79. The van der Waals surface area contributed by atoms with E-state index in [-0.39, 0.29) is 12.4 Å². The van der Waals surface area contributed by atoms with E-state index in [1.165, 1.54) is 42.4 Å². The molecule has 0 unspecified atom stereocenters. The predicted molar refractivity (Wildman–Crippen MR) is 137 cm³/mol. The van der Waals surface area contributed by atoms with Gasteiger partial charge in [0.2, 0.25) is 0 Å². The first-order valence-electron chi connectivity index (χ1n) is 10.9. The van der Waals surface area contributed by atoms with Crippen LogP contribution in [0.1, 0.15) is 52.6 Å². The molecule has 0 saturated carbocycles. The van der Waals surface area contributed by atoms with Gasteiger partial charge in [0.1, 0.15) is 0 Å². The second-order valence-corrected chi connectivity index (χ2v) is 9.16. The SMILES string of the molecule is CCN(C)C=Nc1cc(C#N)c(Cc2nc(-c3ccc4c(c3)CCCC4)cs2)cc1C.Cl. The van der Waals surface area contributed by atoms with Crippen molar-refractivity contribution >= 4 is 35.8 Å². The summed E-state index contributed by atoms with van der Waals surface area (Å²) in [7, 11) is 1.99. The van der Waals surface area contributed by atoms with E-state index in [1.54, 1.807) is 11.3 Å². The lowest BCUT2D eigenvalue weighted by molar-refractivity contribution is 0.552. The molecule has 4 rings (SSSR count). The molecule has 0 radical (unpaired) electrons. The highest BCUT2D eigenvalue weighted by Crippen LogP contribution is 2.30. The van der Waals surface area contributed by atoms with Crippen LogP contribution in [0.25, 0.3) is 11.3 Å². The van der Waals surface area contributed by atoms with Crippen LogP contribution in [0.5, 0.6) is 0 Å². The Morgan fingerprint density at radius 2 is 1.97 bits per heavy atom. The number of rotatable bonds is 6. The summed E-state index contributed by atoms with van der Waals surface area (Å²) >= 11 is 1.67. The highest BCUT2D eigenvalue weighted by atomic mass is 35.5. The second kappa shape index (κ2) is 10.8. The number of hydrogen-bond donors (Lipinski definition) is 0. The largest absolute Gasteiger partial charge is 0.366 e. The summed E-state index contributed by atoms with van der Waals surface area (Å²) in [6.07, 6.45) is 7.43. The molecule has 1 aliphatic carbocycles. The van der Waals surface area contributed by atoms with Gasteiger partial charge in [-0.1, -0.05) is 18.2 Å². The Bertz CT molecular complexity index is 1160. The van der Waals surface area contributed by atoms with Crippen molar-refractivity contribution in [3.8, 4) is 17.3 Å². The Labute approximate surface area is 201 Å². The Balaban J connectivity index is 0.00000289. The lowest BCUT2D eigenvalue weighted by Crippen LogP contribution is -2.14. The molecule has 1 heterocycles. The third-order valence-corrected chi connectivity index (χ3v) is 6.82. The third kappa shape index (κ3) is 5.38. The maximum atomic E-state index is 9.70.